The minimum Gasteiger partial charge on any atom is -0.343 e. The van der Waals surface area contributed by atoms with Gasteiger partial charge in [-0.15, -0.1) is 0 Å². The van der Waals surface area contributed by atoms with Crippen LogP contribution in [0, 0.1) is 0 Å². The van der Waals surface area contributed by atoms with Crippen molar-refractivity contribution < 1.29 is 9.47 Å². The number of unbranched alkanes of at least 4 members (excludes halogenated alkanes) is 18. The van der Waals surface area contributed by atoms with Gasteiger partial charge in [-0.1, -0.05) is 140 Å². The predicted molar refractivity (Wildman–Crippen MR) is 211 cm³/mol. The van der Waals surface area contributed by atoms with Gasteiger partial charge in [0.2, 0.25) is 0 Å². The smallest absolute Gasteiger partial charge is 0.169 e. The molecule has 0 N–H and O–H groups in total. The van der Waals surface area contributed by atoms with Crippen molar-refractivity contribution in [2.45, 2.75) is 192 Å². The molecule has 0 saturated carbocycles. The second kappa shape index (κ2) is 27.7. The highest BCUT2D eigenvalue weighted by Crippen LogP contribution is 2.41. The summed E-state index contributed by atoms with van der Waals surface area (Å²) in [6.45, 7) is 7.43. The summed E-state index contributed by atoms with van der Waals surface area (Å²) >= 11 is 0. The van der Waals surface area contributed by atoms with E-state index in [1.807, 2.05) is 12.4 Å². The molecule has 4 heteroatoms. The van der Waals surface area contributed by atoms with Gasteiger partial charge in [-0.25, -0.2) is 0 Å². The van der Waals surface area contributed by atoms with E-state index in [0.29, 0.717) is 0 Å². The van der Waals surface area contributed by atoms with E-state index in [1.54, 1.807) is 0 Å². The van der Waals surface area contributed by atoms with Crippen LogP contribution in [0.2, 0.25) is 0 Å². The lowest BCUT2D eigenvalue weighted by Gasteiger charge is -2.31. The van der Waals surface area contributed by atoms with Crippen LogP contribution in [0.3, 0.4) is 0 Å². The molecule has 0 spiro atoms. The Kier molecular flexibility index (Phi) is 23.4. The molecule has 0 amide bonds. The zero-order chi connectivity index (χ0) is 34.5. The third-order valence-corrected chi connectivity index (χ3v) is 10.3. The van der Waals surface area contributed by atoms with Gasteiger partial charge in [0.25, 0.3) is 0 Å². The zero-order valence-electron chi connectivity index (χ0n) is 31.9. The molecule has 2 saturated heterocycles. The van der Waals surface area contributed by atoms with Crippen LogP contribution in [0.1, 0.15) is 174 Å². The Hall–Kier alpha value is -2.01. The van der Waals surface area contributed by atoms with Gasteiger partial charge in [0.05, 0.1) is 0 Å². The lowest BCUT2D eigenvalue weighted by molar-refractivity contribution is -0.194. The zero-order valence-corrected chi connectivity index (χ0v) is 31.9. The lowest BCUT2D eigenvalue weighted by atomic mass is 9.98. The Labute approximate surface area is 302 Å². The number of fused-ring (bicyclic) bond motifs is 1. The summed E-state index contributed by atoms with van der Waals surface area (Å²) in [6.07, 6.45) is 53.0. The molecule has 276 valence electrons. The Morgan fingerprint density at radius 2 is 0.959 bits per heavy atom. The molecule has 3 rings (SSSR count). The monoisotopic (exact) mass is 675 g/mol. The van der Waals surface area contributed by atoms with Crippen LogP contribution in [0.4, 0.5) is 0 Å². The molecule has 2 aliphatic rings. The summed E-state index contributed by atoms with van der Waals surface area (Å²) in [4.78, 5) is 6.67. The number of rotatable bonds is 30. The number of likely N-dealkylation sites (tertiary alicyclic amines) is 1. The maximum atomic E-state index is 6.88. The van der Waals surface area contributed by atoms with Crippen LogP contribution < -0.4 is 0 Å². The Bertz CT molecular complexity index is 970. The molecule has 0 radical (unpaired) electrons. The van der Waals surface area contributed by atoms with E-state index in [9.17, 15) is 0 Å². The number of hydrogen-bond acceptors (Lipinski definition) is 4. The van der Waals surface area contributed by atoms with Gasteiger partial charge in [0, 0.05) is 44.9 Å². The first-order chi connectivity index (χ1) is 24.2. The number of allylic oxidation sites excluding steroid dienone is 8. The third-order valence-electron chi connectivity index (χ3n) is 10.3. The molecule has 0 aliphatic carbocycles. The average Bonchev–Trinajstić information content (AvgIpc) is 3.64. The molecule has 2 unspecified atom stereocenters. The van der Waals surface area contributed by atoms with Crippen molar-refractivity contribution in [1.29, 1.82) is 0 Å². The Morgan fingerprint density at radius 1 is 0.571 bits per heavy atom. The summed E-state index contributed by atoms with van der Waals surface area (Å²) < 4.78 is 13.8. The normalized spacial score (nSPS) is 19.5. The van der Waals surface area contributed by atoms with Crippen molar-refractivity contribution in [2.24, 2.45) is 0 Å². The number of pyridine rings is 1. The van der Waals surface area contributed by atoms with E-state index in [0.717, 1.165) is 32.5 Å². The highest BCUT2D eigenvalue weighted by molar-refractivity contribution is 5.10. The van der Waals surface area contributed by atoms with Gasteiger partial charge in [-0.3, -0.25) is 9.88 Å². The molecule has 3 heterocycles. The Balaban J connectivity index is 1.30. The first kappa shape index (κ1) is 41.4. The van der Waals surface area contributed by atoms with Crippen LogP contribution >= 0.6 is 0 Å². The SMILES string of the molecule is CCCCC/C=C/C=C\CCCCCCCCC1(CCCCCCCC/C=C\C=C\CCCCC)OC2CN(Cc3ccncc3)CC2O1. The Morgan fingerprint density at radius 3 is 1.39 bits per heavy atom. The van der Waals surface area contributed by atoms with E-state index >= 15 is 0 Å². The topological polar surface area (TPSA) is 34.6 Å². The fraction of sp³-hybridized carbons (Fsp3) is 0.711. The minimum absolute atomic E-state index is 0.209. The molecule has 1 aromatic heterocycles. The van der Waals surface area contributed by atoms with Crippen molar-refractivity contribution in [3.63, 3.8) is 0 Å². The molecule has 1 aromatic rings. The van der Waals surface area contributed by atoms with E-state index in [-0.39, 0.29) is 18.0 Å². The van der Waals surface area contributed by atoms with E-state index in [2.05, 4.69) is 84.5 Å². The molecule has 4 nitrogen and oxygen atoms in total. The molecule has 2 atom stereocenters. The number of hydrogen-bond donors (Lipinski definition) is 0. The second-order valence-electron chi connectivity index (χ2n) is 14.8. The van der Waals surface area contributed by atoms with Crippen molar-refractivity contribution in [1.82, 2.24) is 9.88 Å². The minimum atomic E-state index is -0.359. The molecule has 2 fully saturated rings. The van der Waals surface area contributed by atoms with Gasteiger partial charge < -0.3 is 9.47 Å². The molecule has 2 aliphatic heterocycles. The predicted octanol–water partition coefficient (Wildman–Crippen LogP) is 13.0. The van der Waals surface area contributed by atoms with Crippen molar-refractivity contribution in [2.75, 3.05) is 13.1 Å². The van der Waals surface area contributed by atoms with Crippen LogP contribution in [-0.4, -0.2) is 41.0 Å². The molecule has 0 aromatic carbocycles. The van der Waals surface area contributed by atoms with Crippen LogP contribution in [0.25, 0.3) is 0 Å². The number of aromatic nitrogens is 1. The van der Waals surface area contributed by atoms with Gasteiger partial charge in [-0.05, 0) is 81.9 Å². The van der Waals surface area contributed by atoms with Crippen molar-refractivity contribution in [3.8, 4) is 0 Å². The van der Waals surface area contributed by atoms with Crippen molar-refractivity contribution >= 4 is 0 Å². The summed E-state index contributed by atoms with van der Waals surface area (Å²) in [5.74, 6) is -0.359. The van der Waals surface area contributed by atoms with Crippen LogP contribution in [0.5, 0.6) is 0 Å². The van der Waals surface area contributed by atoms with Gasteiger partial charge in [0.15, 0.2) is 5.79 Å². The average molecular weight is 675 g/mol. The second-order valence-corrected chi connectivity index (χ2v) is 14.8. The maximum Gasteiger partial charge on any atom is 0.169 e. The molecular weight excluding hydrogens is 601 g/mol. The lowest BCUT2D eigenvalue weighted by Crippen LogP contribution is -2.35. The molecule has 49 heavy (non-hydrogen) atoms. The summed E-state index contributed by atoms with van der Waals surface area (Å²) in [5.41, 5.74) is 1.32. The number of ether oxygens (including phenoxy) is 2. The highest BCUT2D eigenvalue weighted by atomic mass is 16.8. The molecular formula is C45H74N2O2. The summed E-state index contributed by atoms with van der Waals surface area (Å²) in [5, 5.41) is 0. The fourth-order valence-corrected chi connectivity index (χ4v) is 7.31. The quantitative estimate of drug-likeness (QED) is 0.0601. The summed E-state index contributed by atoms with van der Waals surface area (Å²) in [6, 6.07) is 4.24. The van der Waals surface area contributed by atoms with Crippen molar-refractivity contribution in [3.05, 3.63) is 78.7 Å². The first-order valence-electron chi connectivity index (χ1n) is 20.8. The van der Waals surface area contributed by atoms with E-state index < -0.39 is 0 Å². The van der Waals surface area contributed by atoms with E-state index in [4.69, 9.17) is 9.47 Å². The number of nitrogens with zero attached hydrogens (tertiary/aromatic N) is 2. The van der Waals surface area contributed by atoms with Crippen LogP contribution in [0.15, 0.2) is 73.1 Å². The van der Waals surface area contributed by atoms with E-state index in [1.165, 1.54) is 147 Å². The van der Waals surface area contributed by atoms with Gasteiger partial charge in [0.1, 0.15) is 12.2 Å². The maximum absolute atomic E-state index is 6.88. The van der Waals surface area contributed by atoms with Gasteiger partial charge >= 0.3 is 0 Å². The highest BCUT2D eigenvalue weighted by Gasteiger charge is 2.50. The standard InChI is InChI=1S/C45H74N2O2/c1-3-5-7-9-11-13-15-17-19-21-23-25-27-29-31-35-45(36-32-30-28-26-24-22-20-18-16-14-12-10-8-6-4-2)48-43-40-47(41-44(43)49-45)39-42-33-37-46-38-34-42/h11-18,33-34,37-38,43-44H,3-10,19-32,35-36,39-41H2,1-2H3/b13-11+,14-12+,17-15-,18-16-. The van der Waals surface area contributed by atoms with Crippen LogP contribution in [-0.2, 0) is 16.0 Å². The van der Waals surface area contributed by atoms with Gasteiger partial charge in [-0.2, -0.15) is 0 Å². The fourth-order valence-electron chi connectivity index (χ4n) is 7.31. The summed E-state index contributed by atoms with van der Waals surface area (Å²) in [7, 11) is 0. The largest absolute Gasteiger partial charge is 0.343 e. The molecule has 0 bridgehead atoms. The first-order valence-corrected chi connectivity index (χ1v) is 20.8. The third kappa shape index (κ3) is 19.3.